The van der Waals surface area contributed by atoms with E-state index in [1.807, 2.05) is 25.6 Å². The maximum absolute atomic E-state index is 12.1. The maximum Gasteiger partial charge on any atom is 0.326 e. The van der Waals surface area contributed by atoms with Crippen molar-refractivity contribution in [2.24, 2.45) is 5.92 Å². The number of rotatable bonds is 12. The standard InChI is InChI=1S/C16H33NO2S/c1-6-11-17-16(5,15(18)19-8-3)10-9-12-20-13-14(4)7-2/h14,17H,6-13H2,1-5H3. The van der Waals surface area contributed by atoms with Gasteiger partial charge >= 0.3 is 5.97 Å². The van der Waals surface area contributed by atoms with Gasteiger partial charge in [0.1, 0.15) is 5.54 Å². The van der Waals surface area contributed by atoms with Crippen LogP contribution in [0.4, 0.5) is 0 Å². The average Bonchev–Trinajstić information content (AvgIpc) is 2.44. The van der Waals surface area contributed by atoms with Crippen molar-refractivity contribution in [3.8, 4) is 0 Å². The maximum atomic E-state index is 12.1. The van der Waals surface area contributed by atoms with Crippen LogP contribution in [0, 0.1) is 5.92 Å². The molecule has 4 heteroatoms. The van der Waals surface area contributed by atoms with Crippen molar-refractivity contribution in [2.45, 2.75) is 65.8 Å². The van der Waals surface area contributed by atoms with Crippen molar-refractivity contribution in [1.82, 2.24) is 5.32 Å². The number of carbonyl (C=O) groups excluding carboxylic acids is 1. The second-order valence-corrected chi connectivity index (χ2v) is 6.82. The number of hydrogen-bond acceptors (Lipinski definition) is 4. The molecule has 0 fully saturated rings. The summed E-state index contributed by atoms with van der Waals surface area (Å²) in [5.41, 5.74) is -0.525. The molecule has 120 valence electrons. The Kier molecular flexibility index (Phi) is 11.3. The minimum atomic E-state index is -0.525. The Bertz CT molecular complexity index is 261. The highest BCUT2D eigenvalue weighted by Gasteiger charge is 2.33. The van der Waals surface area contributed by atoms with Crippen LogP contribution in [0.15, 0.2) is 0 Å². The van der Waals surface area contributed by atoms with E-state index in [4.69, 9.17) is 4.74 Å². The molecule has 0 amide bonds. The van der Waals surface area contributed by atoms with Gasteiger partial charge in [0, 0.05) is 0 Å². The van der Waals surface area contributed by atoms with E-state index in [1.54, 1.807) is 0 Å². The van der Waals surface area contributed by atoms with Gasteiger partial charge in [-0.3, -0.25) is 4.79 Å². The third-order valence-corrected chi connectivity index (χ3v) is 4.94. The molecule has 0 aromatic rings. The molecule has 0 rings (SSSR count). The first-order chi connectivity index (χ1) is 9.50. The van der Waals surface area contributed by atoms with Crippen LogP contribution in [0.2, 0.25) is 0 Å². The summed E-state index contributed by atoms with van der Waals surface area (Å²) < 4.78 is 5.21. The lowest BCUT2D eigenvalue weighted by Gasteiger charge is -2.28. The summed E-state index contributed by atoms with van der Waals surface area (Å²) in [6.45, 7) is 11.8. The van der Waals surface area contributed by atoms with Crippen molar-refractivity contribution in [1.29, 1.82) is 0 Å². The molecule has 0 spiro atoms. The Morgan fingerprint density at radius 2 is 2.05 bits per heavy atom. The number of ether oxygens (including phenoxy) is 1. The smallest absolute Gasteiger partial charge is 0.326 e. The summed E-state index contributed by atoms with van der Waals surface area (Å²) in [5, 5.41) is 3.36. The van der Waals surface area contributed by atoms with E-state index in [2.05, 4.69) is 26.1 Å². The fourth-order valence-electron chi connectivity index (χ4n) is 1.88. The summed E-state index contributed by atoms with van der Waals surface area (Å²) in [6, 6.07) is 0. The van der Waals surface area contributed by atoms with Gasteiger partial charge in [0.15, 0.2) is 0 Å². The molecule has 0 aliphatic heterocycles. The highest BCUT2D eigenvalue weighted by atomic mass is 32.2. The van der Waals surface area contributed by atoms with E-state index in [-0.39, 0.29) is 5.97 Å². The van der Waals surface area contributed by atoms with E-state index in [0.717, 1.165) is 37.5 Å². The van der Waals surface area contributed by atoms with Crippen molar-refractivity contribution >= 4 is 17.7 Å². The molecule has 0 radical (unpaired) electrons. The minimum absolute atomic E-state index is 0.111. The Labute approximate surface area is 129 Å². The van der Waals surface area contributed by atoms with Gasteiger partial charge in [-0.25, -0.2) is 0 Å². The zero-order valence-corrected chi connectivity index (χ0v) is 14.8. The minimum Gasteiger partial charge on any atom is -0.465 e. The van der Waals surface area contributed by atoms with E-state index in [9.17, 15) is 4.79 Å². The Balaban J connectivity index is 4.12. The largest absolute Gasteiger partial charge is 0.465 e. The fraction of sp³-hybridized carbons (Fsp3) is 0.938. The topological polar surface area (TPSA) is 38.3 Å². The number of hydrogen-bond donors (Lipinski definition) is 1. The van der Waals surface area contributed by atoms with Crippen LogP contribution in [-0.4, -0.2) is 36.2 Å². The molecule has 0 aliphatic carbocycles. The molecule has 2 atom stereocenters. The van der Waals surface area contributed by atoms with E-state index in [0.29, 0.717) is 6.61 Å². The van der Waals surface area contributed by atoms with Gasteiger partial charge in [0.05, 0.1) is 6.61 Å². The van der Waals surface area contributed by atoms with Crippen molar-refractivity contribution < 1.29 is 9.53 Å². The van der Waals surface area contributed by atoms with Crippen LogP contribution >= 0.6 is 11.8 Å². The van der Waals surface area contributed by atoms with Crippen LogP contribution in [0.5, 0.6) is 0 Å². The number of esters is 1. The molecule has 0 heterocycles. The first-order valence-electron chi connectivity index (χ1n) is 8.00. The van der Waals surface area contributed by atoms with Gasteiger partial charge in [-0.1, -0.05) is 27.2 Å². The summed E-state index contributed by atoms with van der Waals surface area (Å²) in [4.78, 5) is 12.1. The second-order valence-electron chi connectivity index (χ2n) is 5.67. The predicted molar refractivity (Wildman–Crippen MR) is 89.3 cm³/mol. The Hall–Kier alpha value is -0.220. The van der Waals surface area contributed by atoms with E-state index in [1.165, 1.54) is 12.2 Å². The van der Waals surface area contributed by atoms with Gasteiger partial charge in [-0.2, -0.15) is 11.8 Å². The number of thioether (sulfide) groups is 1. The normalized spacial score (nSPS) is 15.7. The summed E-state index contributed by atoms with van der Waals surface area (Å²) in [5.74, 6) is 3.01. The van der Waals surface area contributed by atoms with Crippen LogP contribution in [0.3, 0.4) is 0 Å². The van der Waals surface area contributed by atoms with Gasteiger partial charge < -0.3 is 10.1 Å². The van der Waals surface area contributed by atoms with Crippen molar-refractivity contribution in [2.75, 3.05) is 24.7 Å². The van der Waals surface area contributed by atoms with Crippen LogP contribution in [0.25, 0.3) is 0 Å². The molecule has 1 N–H and O–H groups in total. The third-order valence-electron chi connectivity index (χ3n) is 3.56. The average molecular weight is 304 g/mol. The van der Waals surface area contributed by atoms with Crippen molar-refractivity contribution in [3.63, 3.8) is 0 Å². The summed E-state index contributed by atoms with van der Waals surface area (Å²) in [7, 11) is 0. The zero-order valence-electron chi connectivity index (χ0n) is 14.0. The predicted octanol–water partition coefficient (Wildman–Crippen LogP) is 3.87. The Morgan fingerprint density at radius 1 is 1.35 bits per heavy atom. The molecule has 2 unspecified atom stereocenters. The quantitative estimate of drug-likeness (QED) is 0.439. The molecule has 0 saturated carbocycles. The lowest BCUT2D eigenvalue weighted by atomic mass is 9.96. The lowest BCUT2D eigenvalue weighted by molar-refractivity contribution is -0.150. The third kappa shape index (κ3) is 8.15. The van der Waals surface area contributed by atoms with Crippen LogP contribution in [-0.2, 0) is 9.53 Å². The van der Waals surface area contributed by atoms with Crippen LogP contribution < -0.4 is 5.32 Å². The van der Waals surface area contributed by atoms with E-state index < -0.39 is 5.54 Å². The first-order valence-corrected chi connectivity index (χ1v) is 9.15. The number of carbonyl (C=O) groups is 1. The van der Waals surface area contributed by atoms with Gasteiger partial charge in [-0.05, 0) is 57.1 Å². The molecular formula is C16H33NO2S. The van der Waals surface area contributed by atoms with Gasteiger partial charge in [0.25, 0.3) is 0 Å². The summed E-state index contributed by atoms with van der Waals surface area (Å²) >= 11 is 2.00. The molecule has 0 saturated heterocycles. The lowest BCUT2D eigenvalue weighted by Crippen LogP contribution is -2.50. The first kappa shape index (κ1) is 19.8. The fourth-order valence-corrected chi connectivity index (χ4v) is 3.04. The van der Waals surface area contributed by atoms with Gasteiger partial charge in [0.2, 0.25) is 0 Å². The second kappa shape index (κ2) is 11.4. The van der Waals surface area contributed by atoms with Gasteiger partial charge in [-0.15, -0.1) is 0 Å². The van der Waals surface area contributed by atoms with Crippen LogP contribution in [0.1, 0.15) is 60.3 Å². The molecule has 0 bridgehead atoms. The van der Waals surface area contributed by atoms with Crippen molar-refractivity contribution in [3.05, 3.63) is 0 Å². The SMILES string of the molecule is CCCNC(C)(CCCSCC(C)CC)C(=O)OCC. The highest BCUT2D eigenvalue weighted by Crippen LogP contribution is 2.19. The Morgan fingerprint density at radius 3 is 2.60 bits per heavy atom. The number of nitrogens with one attached hydrogen (secondary N) is 1. The zero-order chi connectivity index (χ0) is 15.4. The molecule has 0 aliphatic rings. The monoisotopic (exact) mass is 303 g/mol. The highest BCUT2D eigenvalue weighted by molar-refractivity contribution is 7.99. The summed E-state index contributed by atoms with van der Waals surface area (Å²) in [6.07, 6.45) is 4.16. The molecule has 20 heavy (non-hydrogen) atoms. The molecular weight excluding hydrogens is 270 g/mol. The molecule has 0 aromatic heterocycles. The molecule has 0 aromatic carbocycles. The van der Waals surface area contributed by atoms with E-state index >= 15 is 0 Å². The molecule has 3 nitrogen and oxygen atoms in total.